The largest absolute Gasteiger partial charge is 0.497 e. The molecular weight excluding hydrogens is 356 g/mol. The summed E-state index contributed by atoms with van der Waals surface area (Å²) in [4.78, 5) is 27.8. The molecule has 1 heterocycles. The van der Waals surface area contributed by atoms with Gasteiger partial charge in [0.1, 0.15) is 5.75 Å². The lowest BCUT2D eigenvalue weighted by Gasteiger charge is -2.20. The molecule has 0 spiro atoms. The van der Waals surface area contributed by atoms with Crippen LogP contribution < -0.4 is 10.1 Å². The molecule has 2 aliphatic rings. The SMILES string of the molecule is COCCCNC(=O)C1CN(C(=O)C2CCCC2)CC1c1cccc(OC)c1. The summed E-state index contributed by atoms with van der Waals surface area (Å²) in [6.45, 7) is 2.30. The third kappa shape index (κ3) is 4.85. The Morgan fingerprint density at radius 3 is 2.68 bits per heavy atom. The molecule has 2 amide bonds. The minimum Gasteiger partial charge on any atom is -0.497 e. The molecule has 1 saturated carbocycles. The molecule has 0 radical (unpaired) electrons. The zero-order valence-corrected chi connectivity index (χ0v) is 17.0. The molecule has 6 nitrogen and oxygen atoms in total. The standard InChI is InChI=1S/C22H32N2O4/c1-27-12-6-11-23-21(25)20-15-24(22(26)16-7-3-4-8-16)14-19(20)17-9-5-10-18(13-17)28-2/h5,9-10,13,16,19-20H,3-4,6-8,11-12,14-15H2,1-2H3,(H,23,25). The van der Waals surface area contributed by atoms with Gasteiger partial charge in [-0.05, 0) is 37.0 Å². The Morgan fingerprint density at radius 2 is 1.96 bits per heavy atom. The Morgan fingerprint density at radius 1 is 1.18 bits per heavy atom. The van der Waals surface area contributed by atoms with Gasteiger partial charge < -0.3 is 19.7 Å². The average Bonchev–Trinajstić information content (AvgIpc) is 3.41. The van der Waals surface area contributed by atoms with Crippen LogP contribution in [0.5, 0.6) is 5.75 Å². The van der Waals surface area contributed by atoms with Gasteiger partial charge >= 0.3 is 0 Å². The number of hydrogen-bond acceptors (Lipinski definition) is 4. The first-order chi connectivity index (χ1) is 13.6. The summed E-state index contributed by atoms with van der Waals surface area (Å²) in [6, 6.07) is 7.87. The fourth-order valence-electron chi connectivity index (χ4n) is 4.45. The molecule has 1 aromatic rings. The summed E-state index contributed by atoms with van der Waals surface area (Å²) in [5, 5.41) is 3.03. The van der Waals surface area contributed by atoms with Crippen LogP contribution in [0.15, 0.2) is 24.3 Å². The fraction of sp³-hybridized carbons (Fsp3) is 0.636. The van der Waals surface area contributed by atoms with E-state index in [9.17, 15) is 9.59 Å². The van der Waals surface area contributed by atoms with Crippen LogP contribution in [-0.4, -0.2) is 57.2 Å². The maximum Gasteiger partial charge on any atom is 0.225 e. The quantitative estimate of drug-likeness (QED) is 0.695. The molecule has 1 N–H and O–H groups in total. The number of benzene rings is 1. The molecule has 1 aromatic carbocycles. The number of nitrogens with zero attached hydrogens (tertiary/aromatic N) is 1. The number of rotatable bonds is 8. The molecule has 0 bridgehead atoms. The van der Waals surface area contributed by atoms with Crippen molar-refractivity contribution in [1.82, 2.24) is 10.2 Å². The fourth-order valence-corrected chi connectivity index (χ4v) is 4.45. The lowest BCUT2D eigenvalue weighted by molar-refractivity contribution is -0.134. The van der Waals surface area contributed by atoms with Crippen LogP contribution in [0.25, 0.3) is 0 Å². The van der Waals surface area contributed by atoms with E-state index in [1.165, 1.54) is 0 Å². The molecule has 3 rings (SSSR count). The van der Waals surface area contributed by atoms with E-state index in [-0.39, 0.29) is 29.6 Å². The van der Waals surface area contributed by atoms with Crippen LogP contribution in [0.3, 0.4) is 0 Å². The van der Waals surface area contributed by atoms with Gasteiger partial charge in [-0.2, -0.15) is 0 Å². The topological polar surface area (TPSA) is 67.9 Å². The van der Waals surface area contributed by atoms with Crippen molar-refractivity contribution >= 4 is 11.8 Å². The third-order valence-electron chi connectivity index (χ3n) is 6.02. The second-order valence-corrected chi connectivity index (χ2v) is 7.85. The second-order valence-electron chi connectivity index (χ2n) is 7.85. The molecule has 0 aromatic heterocycles. The lowest BCUT2D eigenvalue weighted by Crippen LogP contribution is -2.37. The van der Waals surface area contributed by atoms with Gasteiger partial charge in [-0.3, -0.25) is 9.59 Å². The maximum atomic E-state index is 13.0. The highest BCUT2D eigenvalue weighted by Gasteiger charge is 2.42. The molecule has 1 saturated heterocycles. The highest BCUT2D eigenvalue weighted by atomic mass is 16.5. The minimum absolute atomic E-state index is 0.0112. The first-order valence-electron chi connectivity index (χ1n) is 10.3. The Labute approximate surface area is 167 Å². The number of likely N-dealkylation sites (tertiary alicyclic amines) is 1. The van der Waals surface area contributed by atoms with Crippen LogP contribution in [0.2, 0.25) is 0 Å². The minimum atomic E-state index is -0.236. The van der Waals surface area contributed by atoms with Crippen molar-refractivity contribution in [2.75, 3.05) is 40.5 Å². The highest BCUT2D eigenvalue weighted by molar-refractivity contribution is 5.84. The summed E-state index contributed by atoms with van der Waals surface area (Å²) in [5.41, 5.74) is 1.05. The number of carbonyl (C=O) groups is 2. The molecule has 2 fully saturated rings. The van der Waals surface area contributed by atoms with Gasteiger partial charge in [-0.15, -0.1) is 0 Å². The van der Waals surface area contributed by atoms with Crippen molar-refractivity contribution in [1.29, 1.82) is 0 Å². The van der Waals surface area contributed by atoms with Crippen LogP contribution in [0, 0.1) is 11.8 Å². The number of ether oxygens (including phenoxy) is 2. The normalized spacial score (nSPS) is 22.4. The van der Waals surface area contributed by atoms with Gasteiger partial charge in [-0.25, -0.2) is 0 Å². The summed E-state index contributed by atoms with van der Waals surface area (Å²) >= 11 is 0. The van der Waals surface area contributed by atoms with E-state index >= 15 is 0 Å². The van der Waals surface area contributed by atoms with E-state index in [0.29, 0.717) is 26.2 Å². The monoisotopic (exact) mass is 388 g/mol. The average molecular weight is 389 g/mol. The number of carbonyl (C=O) groups excluding carboxylic acids is 2. The first kappa shape index (κ1) is 20.6. The van der Waals surface area contributed by atoms with Crippen LogP contribution in [0.4, 0.5) is 0 Å². The first-order valence-corrected chi connectivity index (χ1v) is 10.3. The molecule has 28 heavy (non-hydrogen) atoms. The van der Waals surface area contributed by atoms with Gasteiger partial charge in [0.2, 0.25) is 11.8 Å². The van der Waals surface area contributed by atoms with E-state index in [4.69, 9.17) is 9.47 Å². The van der Waals surface area contributed by atoms with Crippen molar-refractivity contribution < 1.29 is 19.1 Å². The Bertz CT molecular complexity index is 672. The maximum absolute atomic E-state index is 13.0. The van der Waals surface area contributed by atoms with Crippen molar-refractivity contribution in [3.8, 4) is 5.75 Å². The smallest absolute Gasteiger partial charge is 0.225 e. The van der Waals surface area contributed by atoms with Gasteiger partial charge in [-0.1, -0.05) is 25.0 Å². The predicted molar refractivity (Wildman–Crippen MR) is 107 cm³/mol. The highest BCUT2D eigenvalue weighted by Crippen LogP contribution is 2.36. The van der Waals surface area contributed by atoms with Crippen molar-refractivity contribution in [3.05, 3.63) is 29.8 Å². The number of methoxy groups -OCH3 is 2. The van der Waals surface area contributed by atoms with E-state index in [2.05, 4.69) is 5.32 Å². The van der Waals surface area contributed by atoms with Crippen molar-refractivity contribution in [2.24, 2.45) is 11.8 Å². The summed E-state index contributed by atoms with van der Waals surface area (Å²) in [6.07, 6.45) is 5.00. The summed E-state index contributed by atoms with van der Waals surface area (Å²) < 4.78 is 10.4. The van der Waals surface area contributed by atoms with Gasteiger partial charge in [0, 0.05) is 45.2 Å². The van der Waals surface area contributed by atoms with Gasteiger partial charge in [0.05, 0.1) is 13.0 Å². The predicted octanol–water partition coefficient (Wildman–Crippen LogP) is 2.58. The van der Waals surface area contributed by atoms with Gasteiger partial charge in [0.15, 0.2) is 0 Å². The molecule has 1 aliphatic heterocycles. The lowest BCUT2D eigenvalue weighted by atomic mass is 9.88. The Kier molecular flexibility index (Phi) is 7.31. The van der Waals surface area contributed by atoms with E-state index in [1.54, 1.807) is 14.2 Å². The van der Waals surface area contributed by atoms with E-state index < -0.39 is 0 Å². The molecule has 2 atom stereocenters. The molecule has 1 aliphatic carbocycles. The molecular formula is C22H32N2O4. The zero-order chi connectivity index (χ0) is 19.9. The van der Waals surface area contributed by atoms with Gasteiger partial charge in [0.25, 0.3) is 0 Å². The van der Waals surface area contributed by atoms with Crippen LogP contribution in [-0.2, 0) is 14.3 Å². The third-order valence-corrected chi connectivity index (χ3v) is 6.02. The van der Waals surface area contributed by atoms with E-state index in [1.807, 2.05) is 29.2 Å². The summed E-state index contributed by atoms with van der Waals surface area (Å²) in [5.74, 6) is 0.903. The van der Waals surface area contributed by atoms with E-state index in [0.717, 1.165) is 43.4 Å². The van der Waals surface area contributed by atoms with Crippen LogP contribution >= 0.6 is 0 Å². The molecule has 6 heteroatoms. The zero-order valence-electron chi connectivity index (χ0n) is 17.0. The Hall–Kier alpha value is -2.08. The van der Waals surface area contributed by atoms with Crippen molar-refractivity contribution in [3.63, 3.8) is 0 Å². The molecule has 154 valence electrons. The number of amides is 2. The number of nitrogens with one attached hydrogen (secondary N) is 1. The van der Waals surface area contributed by atoms with Crippen LogP contribution in [0.1, 0.15) is 43.6 Å². The molecule has 2 unspecified atom stereocenters. The Balaban J connectivity index is 1.74. The van der Waals surface area contributed by atoms with Crippen molar-refractivity contribution in [2.45, 2.75) is 38.0 Å². The summed E-state index contributed by atoms with van der Waals surface area (Å²) in [7, 11) is 3.30. The number of hydrogen-bond donors (Lipinski definition) is 1. The second kappa shape index (κ2) is 9.92.